The number of halogens is 3. The summed E-state index contributed by atoms with van der Waals surface area (Å²) in [5.74, 6) is 0. The summed E-state index contributed by atoms with van der Waals surface area (Å²) in [5, 5.41) is 14.0. The van der Waals surface area contributed by atoms with Crippen LogP contribution in [-0.2, 0) is 16.2 Å². The first-order valence-corrected chi connectivity index (χ1v) is 6.86. The predicted octanol–water partition coefficient (Wildman–Crippen LogP) is 2.10. The van der Waals surface area contributed by atoms with Gasteiger partial charge in [0.05, 0.1) is 23.4 Å². The van der Waals surface area contributed by atoms with Gasteiger partial charge in [0.1, 0.15) is 0 Å². The molecule has 0 aliphatic carbocycles. The average Bonchev–Trinajstić information content (AvgIpc) is 2.92. The molecule has 2 N–H and O–H groups in total. The van der Waals surface area contributed by atoms with Crippen molar-refractivity contribution in [3.63, 3.8) is 0 Å². The number of nitrogens with zero attached hydrogens (tertiary/aromatic N) is 2. The standard InChI is InChI=1S/C11H7F3N4O2S/c12-11(13,14)9-5-8(2-1-7(9)6-15)18-21(19,20)10-3-4-16-17-10/h1-5,18H,(H,16,17). The predicted molar refractivity (Wildman–Crippen MR) is 65.6 cm³/mol. The van der Waals surface area contributed by atoms with E-state index in [2.05, 4.69) is 10.2 Å². The summed E-state index contributed by atoms with van der Waals surface area (Å²) < 4.78 is 64.0. The number of aromatic nitrogens is 2. The Morgan fingerprint density at radius 2 is 2.00 bits per heavy atom. The Morgan fingerprint density at radius 3 is 2.52 bits per heavy atom. The van der Waals surface area contributed by atoms with Crippen molar-refractivity contribution < 1.29 is 21.6 Å². The SMILES string of the molecule is N#Cc1ccc(NS(=O)(=O)c2ccn[nH]2)cc1C(F)(F)F. The lowest BCUT2D eigenvalue weighted by Crippen LogP contribution is -2.15. The van der Waals surface area contributed by atoms with E-state index in [-0.39, 0.29) is 10.7 Å². The van der Waals surface area contributed by atoms with Crippen molar-refractivity contribution in [2.75, 3.05) is 4.72 Å². The lowest BCUT2D eigenvalue weighted by molar-refractivity contribution is -0.137. The molecule has 2 aromatic rings. The molecule has 1 heterocycles. The highest BCUT2D eigenvalue weighted by Gasteiger charge is 2.34. The number of anilines is 1. The molecule has 0 saturated heterocycles. The van der Waals surface area contributed by atoms with Crippen molar-refractivity contribution in [3.8, 4) is 6.07 Å². The molecule has 1 aromatic carbocycles. The van der Waals surface area contributed by atoms with Crippen molar-refractivity contribution in [1.82, 2.24) is 10.2 Å². The number of hydrogen-bond donors (Lipinski definition) is 2. The minimum Gasteiger partial charge on any atom is -0.278 e. The van der Waals surface area contributed by atoms with Gasteiger partial charge in [-0.3, -0.25) is 9.82 Å². The highest BCUT2D eigenvalue weighted by atomic mass is 32.2. The van der Waals surface area contributed by atoms with E-state index >= 15 is 0 Å². The van der Waals surface area contributed by atoms with E-state index in [1.165, 1.54) is 12.3 Å². The number of nitriles is 1. The molecule has 0 saturated carbocycles. The highest BCUT2D eigenvalue weighted by Crippen LogP contribution is 2.33. The van der Waals surface area contributed by atoms with Gasteiger partial charge in [-0.1, -0.05) is 0 Å². The second-order valence-corrected chi connectivity index (χ2v) is 5.55. The third-order valence-corrected chi connectivity index (χ3v) is 3.77. The lowest BCUT2D eigenvalue weighted by Gasteiger charge is -2.12. The van der Waals surface area contributed by atoms with Crippen LogP contribution in [0.3, 0.4) is 0 Å². The summed E-state index contributed by atoms with van der Waals surface area (Å²) in [5.41, 5.74) is -2.11. The van der Waals surface area contributed by atoms with Gasteiger partial charge in [0.25, 0.3) is 10.0 Å². The molecule has 0 aliphatic heterocycles. The molecule has 1 aromatic heterocycles. The van der Waals surface area contributed by atoms with Crippen LogP contribution >= 0.6 is 0 Å². The summed E-state index contributed by atoms with van der Waals surface area (Å²) in [6.45, 7) is 0. The molecule has 2 rings (SSSR count). The Morgan fingerprint density at radius 1 is 1.29 bits per heavy atom. The van der Waals surface area contributed by atoms with Gasteiger partial charge >= 0.3 is 6.18 Å². The van der Waals surface area contributed by atoms with Crippen LogP contribution in [0.25, 0.3) is 0 Å². The number of nitrogens with one attached hydrogen (secondary N) is 2. The summed E-state index contributed by atoms with van der Waals surface area (Å²) >= 11 is 0. The fourth-order valence-electron chi connectivity index (χ4n) is 1.54. The van der Waals surface area contributed by atoms with E-state index in [4.69, 9.17) is 5.26 Å². The van der Waals surface area contributed by atoms with Gasteiger partial charge in [-0.25, -0.2) is 0 Å². The van der Waals surface area contributed by atoms with Crippen LogP contribution in [0.5, 0.6) is 0 Å². The molecule has 10 heteroatoms. The summed E-state index contributed by atoms with van der Waals surface area (Å²) in [4.78, 5) is 0. The van der Waals surface area contributed by atoms with Gasteiger partial charge in [-0.2, -0.15) is 31.9 Å². The van der Waals surface area contributed by atoms with Crippen LogP contribution in [-0.4, -0.2) is 18.6 Å². The number of alkyl halides is 3. The number of rotatable bonds is 3. The molecule has 6 nitrogen and oxygen atoms in total. The Labute approximate surface area is 117 Å². The fraction of sp³-hybridized carbons (Fsp3) is 0.0909. The van der Waals surface area contributed by atoms with Crippen LogP contribution in [0.15, 0.2) is 35.5 Å². The Hall–Kier alpha value is -2.54. The van der Waals surface area contributed by atoms with Crippen molar-refractivity contribution >= 4 is 15.7 Å². The van der Waals surface area contributed by atoms with E-state index < -0.39 is 27.3 Å². The minimum absolute atomic E-state index is 0.291. The van der Waals surface area contributed by atoms with Crippen molar-refractivity contribution in [1.29, 1.82) is 5.26 Å². The zero-order valence-electron chi connectivity index (χ0n) is 10.1. The largest absolute Gasteiger partial charge is 0.417 e. The quantitative estimate of drug-likeness (QED) is 0.906. The molecule has 21 heavy (non-hydrogen) atoms. The average molecular weight is 316 g/mol. The fourth-order valence-corrected chi connectivity index (χ4v) is 2.50. The molecule has 0 unspecified atom stereocenters. The van der Waals surface area contributed by atoms with Crippen molar-refractivity contribution in [2.24, 2.45) is 0 Å². The van der Waals surface area contributed by atoms with Crippen LogP contribution in [0, 0.1) is 11.3 Å². The number of hydrogen-bond acceptors (Lipinski definition) is 4. The molecule has 0 radical (unpaired) electrons. The molecular formula is C11H7F3N4O2S. The molecule has 0 bridgehead atoms. The van der Waals surface area contributed by atoms with E-state index in [9.17, 15) is 21.6 Å². The second kappa shape index (κ2) is 5.10. The minimum atomic E-state index is -4.76. The number of H-pyrrole nitrogens is 1. The van der Waals surface area contributed by atoms with Crippen LogP contribution in [0.4, 0.5) is 18.9 Å². The molecule has 0 fully saturated rings. The van der Waals surface area contributed by atoms with Gasteiger partial charge in [-0.05, 0) is 24.3 Å². The van der Waals surface area contributed by atoms with Gasteiger partial charge < -0.3 is 0 Å². The number of benzene rings is 1. The first-order valence-electron chi connectivity index (χ1n) is 5.37. The zero-order valence-corrected chi connectivity index (χ0v) is 11.0. The van der Waals surface area contributed by atoms with E-state index in [0.29, 0.717) is 6.07 Å². The first kappa shape index (κ1) is 14.9. The topological polar surface area (TPSA) is 98.6 Å². The van der Waals surface area contributed by atoms with E-state index in [1.807, 2.05) is 4.72 Å². The summed E-state index contributed by atoms with van der Waals surface area (Å²) in [6, 6.07) is 5.09. The van der Waals surface area contributed by atoms with Gasteiger partial charge in [0.2, 0.25) is 0 Å². The molecule has 110 valence electrons. The van der Waals surface area contributed by atoms with Crippen molar-refractivity contribution in [3.05, 3.63) is 41.6 Å². The first-order chi connectivity index (χ1) is 9.74. The number of sulfonamides is 1. The smallest absolute Gasteiger partial charge is 0.278 e. The van der Waals surface area contributed by atoms with Crippen LogP contribution < -0.4 is 4.72 Å². The summed E-state index contributed by atoms with van der Waals surface area (Å²) in [7, 11) is -4.07. The van der Waals surface area contributed by atoms with E-state index in [0.717, 1.165) is 18.2 Å². The zero-order chi connectivity index (χ0) is 15.7. The van der Waals surface area contributed by atoms with Gasteiger partial charge in [0.15, 0.2) is 5.03 Å². The molecule has 0 atom stereocenters. The normalized spacial score (nSPS) is 11.9. The summed E-state index contributed by atoms with van der Waals surface area (Å²) in [6.07, 6.45) is -3.57. The molecular weight excluding hydrogens is 309 g/mol. The third-order valence-electron chi connectivity index (χ3n) is 2.46. The maximum absolute atomic E-state index is 12.8. The van der Waals surface area contributed by atoms with Crippen LogP contribution in [0.1, 0.15) is 11.1 Å². The number of aromatic amines is 1. The highest BCUT2D eigenvalue weighted by molar-refractivity contribution is 7.92. The Bertz CT molecular complexity index is 792. The third kappa shape index (κ3) is 3.14. The molecule has 0 amide bonds. The van der Waals surface area contributed by atoms with Gasteiger partial charge in [-0.15, -0.1) is 0 Å². The van der Waals surface area contributed by atoms with E-state index in [1.54, 1.807) is 0 Å². The van der Waals surface area contributed by atoms with Gasteiger partial charge in [0, 0.05) is 5.69 Å². The Balaban J connectivity index is 2.41. The maximum Gasteiger partial charge on any atom is 0.417 e. The molecule has 0 spiro atoms. The van der Waals surface area contributed by atoms with Crippen molar-refractivity contribution in [2.45, 2.75) is 11.2 Å². The maximum atomic E-state index is 12.8. The molecule has 0 aliphatic rings. The van der Waals surface area contributed by atoms with Crippen LogP contribution in [0.2, 0.25) is 0 Å². The lowest BCUT2D eigenvalue weighted by atomic mass is 10.1. The Kier molecular flexibility index (Phi) is 3.61. The second-order valence-electron chi connectivity index (χ2n) is 3.90. The monoisotopic (exact) mass is 316 g/mol.